The number of ether oxygens (including phenoxy) is 2. The normalized spacial score (nSPS) is 20.3. The molecule has 1 atom stereocenters. The summed E-state index contributed by atoms with van der Waals surface area (Å²) in [6.45, 7) is 7.86. The highest BCUT2D eigenvalue weighted by atomic mass is 16.5. The summed E-state index contributed by atoms with van der Waals surface area (Å²) in [5.41, 5.74) is 2.45. The Kier molecular flexibility index (Phi) is 7.43. The van der Waals surface area contributed by atoms with Crippen LogP contribution in [0, 0.1) is 0 Å². The molecule has 2 saturated heterocycles. The Bertz CT molecular complexity index is 861. The van der Waals surface area contributed by atoms with Crippen molar-refractivity contribution in [1.29, 1.82) is 0 Å². The maximum atomic E-state index is 6.12. The van der Waals surface area contributed by atoms with Crippen molar-refractivity contribution in [3.05, 3.63) is 47.8 Å². The first-order valence-corrected chi connectivity index (χ1v) is 11.2. The van der Waals surface area contributed by atoms with Gasteiger partial charge in [-0.25, -0.2) is 0 Å². The van der Waals surface area contributed by atoms with Crippen LogP contribution < -0.4 is 10.1 Å². The van der Waals surface area contributed by atoms with E-state index >= 15 is 0 Å². The quantitative estimate of drug-likeness (QED) is 0.537. The zero-order valence-corrected chi connectivity index (χ0v) is 18.7. The summed E-state index contributed by atoms with van der Waals surface area (Å²) in [7, 11) is 3.82. The highest BCUT2D eigenvalue weighted by Crippen LogP contribution is 2.27. The van der Waals surface area contributed by atoms with Crippen molar-refractivity contribution in [3.63, 3.8) is 0 Å². The number of benzene rings is 1. The number of rotatable bonds is 7. The van der Waals surface area contributed by atoms with E-state index in [1.54, 1.807) is 0 Å². The number of para-hydroxylation sites is 1. The van der Waals surface area contributed by atoms with Crippen molar-refractivity contribution in [2.24, 2.45) is 12.0 Å². The first-order chi connectivity index (χ1) is 15.2. The van der Waals surface area contributed by atoms with Crippen LogP contribution in [0.15, 0.2) is 41.7 Å². The van der Waals surface area contributed by atoms with Crippen LogP contribution in [0.2, 0.25) is 0 Å². The summed E-state index contributed by atoms with van der Waals surface area (Å²) in [4.78, 5) is 9.24. The van der Waals surface area contributed by atoms with Gasteiger partial charge in [0.2, 0.25) is 0 Å². The van der Waals surface area contributed by atoms with Crippen LogP contribution >= 0.6 is 0 Å². The van der Waals surface area contributed by atoms with Gasteiger partial charge >= 0.3 is 0 Å². The summed E-state index contributed by atoms with van der Waals surface area (Å²) in [6, 6.07) is 8.25. The summed E-state index contributed by atoms with van der Waals surface area (Å²) in [6.07, 6.45) is 5.22. The van der Waals surface area contributed by atoms with Crippen LogP contribution in [-0.4, -0.2) is 85.1 Å². The fraction of sp³-hybridized carbons (Fsp3) is 0.565. The predicted molar refractivity (Wildman–Crippen MR) is 122 cm³/mol. The summed E-state index contributed by atoms with van der Waals surface area (Å²) < 4.78 is 13.4. The molecular weight excluding hydrogens is 392 g/mol. The van der Waals surface area contributed by atoms with Gasteiger partial charge in [-0.15, -0.1) is 0 Å². The van der Waals surface area contributed by atoms with E-state index < -0.39 is 0 Å². The third-order valence-corrected chi connectivity index (χ3v) is 6.07. The summed E-state index contributed by atoms with van der Waals surface area (Å²) >= 11 is 0. The molecule has 1 aromatic heterocycles. The molecule has 1 N–H and O–H groups in total. The van der Waals surface area contributed by atoms with Crippen LogP contribution in [0.1, 0.15) is 23.5 Å². The maximum Gasteiger partial charge on any atom is 0.193 e. The Morgan fingerprint density at radius 2 is 2.10 bits per heavy atom. The van der Waals surface area contributed by atoms with Gasteiger partial charge in [0, 0.05) is 71.0 Å². The Hall–Kier alpha value is -2.58. The number of nitrogens with one attached hydrogen (secondary N) is 1. The third kappa shape index (κ3) is 5.77. The minimum atomic E-state index is 0.503. The van der Waals surface area contributed by atoms with E-state index in [4.69, 9.17) is 9.47 Å². The number of aryl methyl sites for hydroxylation is 1. The van der Waals surface area contributed by atoms with Crippen molar-refractivity contribution in [3.8, 4) is 5.75 Å². The number of guanidine groups is 1. The van der Waals surface area contributed by atoms with E-state index in [9.17, 15) is 0 Å². The fourth-order valence-electron chi connectivity index (χ4n) is 4.28. The van der Waals surface area contributed by atoms with Crippen molar-refractivity contribution < 1.29 is 9.47 Å². The van der Waals surface area contributed by atoms with Crippen LogP contribution in [0.5, 0.6) is 5.75 Å². The van der Waals surface area contributed by atoms with E-state index in [1.807, 2.05) is 37.1 Å². The van der Waals surface area contributed by atoms with E-state index in [1.165, 1.54) is 5.56 Å². The van der Waals surface area contributed by atoms with Gasteiger partial charge in [0.1, 0.15) is 12.4 Å². The molecule has 2 aromatic rings. The van der Waals surface area contributed by atoms with Gasteiger partial charge in [-0.3, -0.25) is 14.6 Å². The molecule has 2 aliphatic rings. The number of likely N-dealkylation sites (tertiary alicyclic amines) is 1. The molecule has 0 saturated carbocycles. The van der Waals surface area contributed by atoms with Gasteiger partial charge in [0.05, 0.1) is 19.4 Å². The van der Waals surface area contributed by atoms with Crippen LogP contribution in [0.3, 0.4) is 0 Å². The molecule has 0 amide bonds. The fourth-order valence-corrected chi connectivity index (χ4v) is 4.28. The average Bonchev–Trinajstić information content (AvgIpc) is 3.45. The summed E-state index contributed by atoms with van der Waals surface area (Å²) in [5.74, 6) is 2.38. The van der Waals surface area contributed by atoms with Crippen LogP contribution in [0.4, 0.5) is 0 Å². The Balaban J connectivity index is 1.28. The number of hydrogen-bond donors (Lipinski definition) is 1. The second kappa shape index (κ2) is 10.6. The average molecular weight is 427 g/mol. The minimum absolute atomic E-state index is 0.503. The van der Waals surface area contributed by atoms with Crippen molar-refractivity contribution in [2.75, 3.05) is 59.6 Å². The number of aromatic nitrogens is 2. The lowest BCUT2D eigenvalue weighted by atomic mass is 10.0. The zero-order chi connectivity index (χ0) is 21.5. The molecular formula is C23H34N6O2. The second-order valence-electron chi connectivity index (χ2n) is 8.19. The third-order valence-electron chi connectivity index (χ3n) is 6.07. The molecule has 0 bridgehead atoms. The predicted octanol–water partition coefficient (Wildman–Crippen LogP) is 1.70. The SMILES string of the molecule is CN=C(NCc1ccccc1OCCN1CCOCC1)N1CCC(c2cnn(C)c2)C1. The lowest BCUT2D eigenvalue weighted by Gasteiger charge is -2.26. The molecule has 31 heavy (non-hydrogen) atoms. The van der Waals surface area contributed by atoms with E-state index in [0.717, 1.165) is 69.6 Å². The minimum Gasteiger partial charge on any atom is -0.492 e. The molecule has 4 rings (SSSR count). The number of nitrogens with zero attached hydrogens (tertiary/aromatic N) is 5. The maximum absolute atomic E-state index is 6.12. The highest BCUT2D eigenvalue weighted by Gasteiger charge is 2.27. The standard InChI is InChI=1S/C23H34N6O2/c1-24-23(29-8-7-20(18-29)21-16-26-27(2)17-21)25-15-19-5-3-4-6-22(19)31-14-11-28-9-12-30-13-10-28/h3-6,16-17,20H,7-15,18H2,1-2H3,(H,24,25). The monoisotopic (exact) mass is 426 g/mol. The van der Waals surface area contributed by atoms with E-state index in [0.29, 0.717) is 19.1 Å². The Morgan fingerprint density at radius 3 is 2.87 bits per heavy atom. The van der Waals surface area contributed by atoms with Gasteiger partial charge in [0.25, 0.3) is 0 Å². The van der Waals surface area contributed by atoms with Gasteiger partial charge in [0.15, 0.2) is 5.96 Å². The second-order valence-corrected chi connectivity index (χ2v) is 8.19. The van der Waals surface area contributed by atoms with E-state index in [-0.39, 0.29) is 0 Å². The smallest absolute Gasteiger partial charge is 0.193 e. The Labute approximate surface area is 184 Å². The molecule has 0 spiro atoms. The van der Waals surface area contributed by atoms with Crippen molar-refractivity contribution in [1.82, 2.24) is 24.9 Å². The molecule has 1 aromatic carbocycles. The first-order valence-electron chi connectivity index (χ1n) is 11.2. The molecule has 8 nitrogen and oxygen atoms in total. The number of aliphatic imine (C=N–C) groups is 1. The van der Waals surface area contributed by atoms with Gasteiger partial charge in [-0.2, -0.15) is 5.10 Å². The lowest BCUT2D eigenvalue weighted by molar-refractivity contribution is 0.0322. The first kappa shape index (κ1) is 21.6. The van der Waals surface area contributed by atoms with Gasteiger partial charge in [-0.1, -0.05) is 18.2 Å². The zero-order valence-electron chi connectivity index (χ0n) is 18.7. The largest absolute Gasteiger partial charge is 0.492 e. The van der Waals surface area contributed by atoms with Crippen molar-refractivity contribution >= 4 is 5.96 Å². The van der Waals surface area contributed by atoms with Crippen LogP contribution in [0.25, 0.3) is 0 Å². The Morgan fingerprint density at radius 1 is 1.26 bits per heavy atom. The molecule has 0 aliphatic carbocycles. The molecule has 1 unspecified atom stereocenters. The molecule has 3 heterocycles. The van der Waals surface area contributed by atoms with Crippen molar-refractivity contribution in [2.45, 2.75) is 18.9 Å². The van der Waals surface area contributed by atoms with Crippen LogP contribution in [-0.2, 0) is 18.3 Å². The van der Waals surface area contributed by atoms with E-state index in [2.05, 4.69) is 43.5 Å². The molecule has 8 heteroatoms. The number of morpholine rings is 1. The summed E-state index contributed by atoms with van der Waals surface area (Å²) in [5, 5.41) is 7.85. The molecule has 2 fully saturated rings. The molecule has 2 aliphatic heterocycles. The molecule has 0 radical (unpaired) electrons. The lowest BCUT2D eigenvalue weighted by Crippen LogP contribution is -2.39. The molecule has 168 valence electrons. The highest BCUT2D eigenvalue weighted by molar-refractivity contribution is 5.80. The van der Waals surface area contributed by atoms with Gasteiger partial charge < -0.3 is 19.7 Å². The number of hydrogen-bond acceptors (Lipinski definition) is 5. The van der Waals surface area contributed by atoms with Gasteiger partial charge in [-0.05, 0) is 18.1 Å². The topological polar surface area (TPSA) is 67.2 Å².